The Morgan fingerprint density at radius 2 is 1.92 bits per heavy atom. The molecule has 7 heteroatoms. The van der Waals surface area contributed by atoms with E-state index in [2.05, 4.69) is 25.4 Å². The number of nitrogens with zero attached hydrogens (tertiary/aromatic N) is 4. The maximum Gasteiger partial charge on any atom is 0.251 e. The molecule has 0 aliphatic carbocycles. The molecule has 3 rings (SSSR count). The van der Waals surface area contributed by atoms with Gasteiger partial charge < -0.3 is 10.2 Å². The number of amides is 1. The molecular weight excluding hydrogens is 330 g/mol. The molecule has 0 saturated heterocycles. The van der Waals surface area contributed by atoms with Crippen molar-refractivity contribution >= 4 is 12.1 Å². The molecule has 1 heterocycles. The molecule has 0 fully saturated rings. The highest BCUT2D eigenvalue weighted by Crippen LogP contribution is 2.16. The van der Waals surface area contributed by atoms with Crippen LogP contribution in [-0.2, 0) is 4.84 Å². The van der Waals surface area contributed by atoms with Crippen LogP contribution in [0.5, 0.6) is 0 Å². The third-order valence-corrected chi connectivity index (χ3v) is 3.90. The molecule has 1 N–H and O–H groups in total. The van der Waals surface area contributed by atoms with E-state index in [0.717, 1.165) is 16.8 Å². The number of benzene rings is 2. The standard InChI is InChI=1S/C19H19N5O2/c1-14(16-7-9-18(10-8-16)24-13-20-12-21-24)23-19(25)17-5-3-15(4-6-17)11-22-26-2/h3-14H,1-2H3,(H,23,25)/b22-11+. The average Bonchev–Trinajstić information content (AvgIpc) is 3.21. The highest BCUT2D eigenvalue weighted by Gasteiger charge is 2.11. The first-order chi connectivity index (χ1) is 12.7. The summed E-state index contributed by atoms with van der Waals surface area (Å²) < 4.78 is 1.68. The monoisotopic (exact) mass is 349 g/mol. The molecule has 26 heavy (non-hydrogen) atoms. The molecule has 1 unspecified atom stereocenters. The summed E-state index contributed by atoms with van der Waals surface area (Å²) in [6.07, 6.45) is 4.71. The minimum absolute atomic E-state index is 0.123. The van der Waals surface area contributed by atoms with Crippen LogP contribution in [0.4, 0.5) is 0 Å². The van der Waals surface area contributed by atoms with Crippen LogP contribution in [0.3, 0.4) is 0 Å². The number of carbonyl (C=O) groups is 1. The molecule has 0 aliphatic heterocycles. The van der Waals surface area contributed by atoms with Gasteiger partial charge in [-0.05, 0) is 42.3 Å². The van der Waals surface area contributed by atoms with E-state index in [4.69, 9.17) is 0 Å². The van der Waals surface area contributed by atoms with Gasteiger partial charge in [-0.15, -0.1) is 0 Å². The smallest absolute Gasteiger partial charge is 0.251 e. The van der Waals surface area contributed by atoms with Crippen LogP contribution < -0.4 is 5.32 Å². The third kappa shape index (κ3) is 4.13. The molecule has 1 atom stereocenters. The number of hydrogen-bond acceptors (Lipinski definition) is 5. The van der Waals surface area contributed by atoms with Crippen molar-refractivity contribution in [3.05, 3.63) is 77.9 Å². The zero-order valence-electron chi connectivity index (χ0n) is 14.5. The number of aromatic nitrogens is 3. The lowest BCUT2D eigenvalue weighted by Gasteiger charge is -2.15. The summed E-state index contributed by atoms with van der Waals surface area (Å²) in [5, 5.41) is 10.8. The highest BCUT2D eigenvalue weighted by molar-refractivity contribution is 5.95. The van der Waals surface area contributed by atoms with Gasteiger partial charge in [0, 0.05) is 5.56 Å². The quantitative estimate of drug-likeness (QED) is 0.548. The van der Waals surface area contributed by atoms with E-state index in [0.29, 0.717) is 5.56 Å². The summed E-state index contributed by atoms with van der Waals surface area (Å²) in [7, 11) is 1.48. The van der Waals surface area contributed by atoms with Crippen molar-refractivity contribution in [2.45, 2.75) is 13.0 Å². The lowest BCUT2D eigenvalue weighted by molar-refractivity contribution is 0.0940. The fourth-order valence-electron chi connectivity index (χ4n) is 2.45. The number of oxime groups is 1. The number of hydrogen-bond donors (Lipinski definition) is 1. The SMILES string of the molecule is CO/N=C/c1ccc(C(=O)NC(C)c2ccc(-n3cncn3)cc2)cc1. The van der Waals surface area contributed by atoms with Crippen molar-refractivity contribution in [2.24, 2.45) is 5.16 Å². The Labute approximate surface area is 151 Å². The summed E-state index contributed by atoms with van der Waals surface area (Å²) in [5.41, 5.74) is 3.37. The van der Waals surface area contributed by atoms with Crippen molar-refractivity contribution in [2.75, 3.05) is 7.11 Å². The van der Waals surface area contributed by atoms with Crippen LogP contribution in [-0.4, -0.2) is 34.0 Å². The van der Waals surface area contributed by atoms with Crippen molar-refractivity contribution < 1.29 is 9.63 Å². The topological polar surface area (TPSA) is 81.4 Å². The summed E-state index contributed by atoms with van der Waals surface area (Å²) in [4.78, 5) is 21.0. The molecule has 0 spiro atoms. The molecule has 132 valence electrons. The van der Waals surface area contributed by atoms with Crippen LogP contribution >= 0.6 is 0 Å². The molecular formula is C19H19N5O2. The van der Waals surface area contributed by atoms with Crippen molar-refractivity contribution in [1.82, 2.24) is 20.1 Å². The Balaban J connectivity index is 1.64. The number of nitrogens with one attached hydrogen (secondary N) is 1. The maximum absolute atomic E-state index is 12.4. The summed E-state index contributed by atoms with van der Waals surface area (Å²) in [5.74, 6) is -0.131. The Morgan fingerprint density at radius 3 is 2.54 bits per heavy atom. The molecule has 3 aromatic rings. The summed E-state index contributed by atoms with van der Waals surface area (Å²) >= 11 is 0. The van der Waals surface area contributed by atoms with E-state index < -0.39 is 0 Å². The second kappa shape index (κ2) is 8.06. The molecule has 1 aromatic heterocycles. The van der Waals surface area contributed by atoms with E-state index in [-0.39, 0.29) is 11.9 Å². The van der Waals surface area contributed by atoms with Gasteiger partial charge in [0.25, 0.3) is 5.91 Å². The van der Waals surface area contributed by atoms with Crippen LogP contribution in [0.2, 0.25) is 0 Å². The third-order valence-electron chi connectivity index (χ3n) is 3.90. The van der Waals surface area contributed by atoms with E-state index in [1.54, 1.807) is 29.4 Å². The van der Waals surface area contributed by atoms with Gasteiger partial charge >= 0.3 is 0 Å². The van der Waals surface area contributed by atoms with Gasteiger partial charge in [-0.2, -0.15) is 5.10 Å². The normalized spacial score (nSPS) is 12.1. The number of rotatable bonds is 6. The predicted molar refractivity (Wildman–Crippen MR) is 98.3 cm³/mol. The van der Waals surface area contributed by atoms with Crippen LogP contribution in [0, 0.1) is 0 Å². The average molecular weight is 349 g/mol. The van der Waals surface area contributed by atoms with Gasteiger partial charge in [-0.3, -0.25) is 4.79 Å². The molecule has 1 amide bonds. The van der Waals surface area contributed by atoms with Crippen LogP contribution in [0.25, 0.3) is 5.69 Å². The first-order valence-electron chi connectivity index (χ1n) is 8.10. The molecule has 2 aromatic carbocycles. The summed E-state index contributed by atoms with van der Waals surface area (Å²) in [6, 6.07) is 14.8. The number of carbonyl (C=O) groups excluding carboxylic acids is 1. The van der Waals surface area contributed by atoms with Crippen molar-refractivity contribution in [1.29, 1.82) is 0 Å². The first kappa shape index (κ1) is 17.3. The van der Waals surface area contributed by atoms with E-state index in [9.17, 15) is 4.79 Å². The molecule has 0 aliphatic rings. The molecule has 0 radical (unpaired) electrons. The van der Waals surface area contributed by atoms with Gasteiger partial charge in [0.05, 0.1) is 17.9 Å². The van der Waals surface area contributed by atoms with Gasteiger partial charge in [0.15, 0.2) is 0 Å². The first-order valence-corrected chi connectivity index (χ1v) is 8.10. The fraction of sp³-hybridized carbons (Fsp3) is 0.158. The molecule has 7 nitrogen and oxygen atoms in total. The maximum atomic E-state index is 12.4. The predicted octanol–water partition coefficient (Wildman–Crippen LogP) is 2.74. The van der Waals surface area contributed by atoms with Crippen molar-refractivity contribution in [3.8, 4) is 5.69 Å². The Bertz CT molecular complexity index is 871. The minimum atomic E-state index is -0.131. The van der Waals surface area contributed by atoms with E-state index in [1.165, 1.54) is 13.4 Å². The molecule has 0 saturated carbocycles. The minimum Gasteiger partial charge on any atom is -0.399 e. The lowest BCUT2D eigenvalue weighted by atomic mass is 10.1. The van der Waals surface area contributed by atoms with E-state index >= 15 is 0 Å². The van der Waals surface area contributed by atoms with Crippen molar-refractivity contribution in [3.63, 3.8) is 0 Å². The van der Waals surface area contributed by atoms with Crippen LogP contribution in [0.1, 0.15) is 34.5 Å². The Hall–Kier alpha value is -3.48. The zero-order valence-corrected chi connectivity index (χ0v) is 14.5. The van der Waals surface area contributed by atoms with Gasteiger partial charge in [0.2, 0.25) is 0 Å². The molecule has 0 bridgehead atoms. The Morgan fingerprint density at radius 1 is 1.19 bits per heavy atom. The van der Waals surface area contributed by atoms with Gasteiger partial charge in [-0.25, -0.2) is 9.67 Å². The zero-order chi connectivity index (χ0) is 18.4. The Kier molecular flexibility index (Phi) is 5.38. The van der Waals surface area contributed by atoms with E-state index in [1.807, 2.05) is 43.3 Å². The van der Waals surface area contributed by atoms with Gasteiger partial charge in [0.1, 0.15) is 19.8 Å². The van der Waals surface area contributed by atoms with Gasteiger partial charge in [-0.1, -0.05) is 29.4 Å². The second-order valence-corrected chi connectivity index (χ2v) is 5.67. The summed E-state index contributed by atoms with van der Waals surface area (Å²) in [6.45, 7) is 1.95. The largest absolute Gasteiger partial charge is 0.399 e. The fourth-order valence-corrected chi connectivity index (χ4v) is 2.45. The second-order valence-electron chi connectivity index (χ2n) is 5.67. The van der Waals surface area contributed by atoms with Crippen LogP contribution in [0.15, 0.2) is 66.3 Å². The lowest BCUT2D eigenvalue weighted by Crippen LogP contribution is -2.26. The highest BCUT2D eigenvalue weighted by atomic mass is 16.6.